The van der Waals surface area contributed by atoms with Crippen molar-refractivity contribution in [2.75, 3.05) is 12.4 Å². The van der Waals surface area contributed by atoms with Gasteiger partial charge in [0.25, 0.3) is 0 Å². The number of nitrogens with zero attached hydrogens (tertiary/aromatic N) is 3. The number of halogens is 1. The third-order valence-corrected chi connectivity index (χ3v) is 6.12. The number of methoxy groups -OCH3 is 1. The van der Waals surface area contributed by atoms with Gasteiger partial charge in [-0.2, -0.15) is 10.1 Å². The molecular formula is C25H25FN4O3. The van der Waals surface area contributed by atoms with Crippen LogP contribution in [-0.4, -0.2) is 27.7 Å². The predicted molar refractivity (Wildman–Crippen MR) is 121 cm³/mol. The quantitative estimate of drug-likeness (QED) is 0.612. The van der Waals surface area contributed by atoms with Crippen LogP contribution in [0.1, 0.15) is 43.9 Å². The summed E-state index contributed by atoms with van der Waals surface area (Å²) in [6.07, 6.45) is 2.69. The van der Waals surface area contributed by atoms with Crippen LogP contribution in [0.5, 0.6) is 11.5 Å². The molecule has 0 saturated carbocycles. The molecule has 0 fully saturated rings. The molecule has 33 heavy (non-hydrogen) atoms. The van der Waals surface area contributed by atoms with Crippen molar-refractivity contribution < 1.29 is 18.7 Å². The average molecular weight is 448 g/mol. The number of rotatable bonds is 5. The molecule has 2 heterocycles. The van der Waals surface area contributed by atoms with Gasteiger partial charge in [-0.1, -0.05) is 38.1 Å². The number of anilines is 1. The Morgan fingerprint density at radius 2 is 2.00 bits per heavy atom. The van der Waals surface area contributed by atoms with E-state index < -0.39 is 6.04 Å². The zero-order valence-corrected chi connectivity index (χ0v) is 18.8. The lowest BCUT2D eigenvalue weighted by Crippen LogP contribution is -2.36. The fourth-order valence-corrected chi connectivity index (χ4v) is 4.60. The fraction of sp³-hybridized carbons (Fsp3) is 0.320. The molecule has 0 bridgehead atoms. The van der Waals surface area contributed by atoms with Crippen LogP contribution < -0.4 is 14.8 Å². The van der Waals surface area contributed by atoms with Gasteiger partial charge in [0.1, 0.15) is 24.8 Å². The lowest BCUT2D eigenvalue weighted by Gasteiger charge is -2.38. The first-order valence-electron chi connectivity index (χ1n) is 10.8. The molecule has 170 valence electrons. The van der Waals surface area contributed by atoms with E-state index >= 15 is 0 Å². The maximum Gasteiger partial charge on any atom is 0.226 e. The van der Waals surface area contributed by atoms with Gasteiger partial charge in [-0.05, 0) is 35.6 Å². The summed E-state index contributed by atoms with van der Waals surface area (Å²) in [5.74, 6) is 1.36. The molecule has 3 aromatic rings. The molecular weight excluding hydrogens is 423 g/mol. The molecule has 1 unspecified atom stereocenters. The predicted octanol–water partition coefficient (Wildman–Crippen LogP) is 4.66. The van der Waals surface area contributed by atoms with E-state index in [2.05, 4.69) is 29.2 Å². The third kappa shape index (κ3) is 3.86. The number of aromatic nitrogens is 3. The van der Waals surface area contributed by atoms with E-state index in [1.54, 1.807) is 36.1 Å². The van der Waals surface area contributed by atoms with E-state index in [4.69, 9.17) is 9.47 Å². The van der Waals surface area contributed by atoms with E-state index in [1.807, 2.05) is 12.1 Å². The second kappa shape index (κ2) is 8.03. The van der Waals surface area contributed by atoms with Crippen LogP contribution in [0.15, 0.2) is 60.1 Å². The number of hydrogen-bond acceptors (Lipinski definition) is 6. The largest absolute Gasteiger partial charge is 0.493 e. The topological polar surface area (TPSA) is 78.3 Å². The lowest BCUT2D eigenvalue weighted by molar-refractivity contribution is -0.118. The smallest absolute Gasteiger partial charge is 0.226 e. The molecule has 0 amide bonds. The Kier molecular flexibility index (Phi) is 5.15. The van der Waals surface area contributed by atoms with E-state index in [0.29, 0.717) is 35.0 Å². The number of ketones is 1. The Bertz CT molecular complexity index is 1260. The van der Waals surface area contributed by atoms with E-state index in [1.165, 1.54) is 12.4 Å². The van der Waals surface area contributed by atoms with E-state index in [-0.39, 0.29) is 23.6 Å². The summed E-state index contributed by atoms with van der Waals surface area (Å²) in [4.78, 5) is 17.6. The van der Waals surface area contributed by atoms with Crippen LogP contribution in [0, 0.1) is 11.2 Å². The average Bonchev–Trinajstić information content (AvgIpc) is 3.24. The van der Waals surface area contributed by atoms with Gasteiger partial charge in [-0.25, -0.2) is 9.07 Å². The minimum absolute atomic E-state index is 0.0752. The number of benzene rings is 2. The summed E-state index contributed by atoms with van der Waals surface area (Å²) in [6.45, 7) is 4.26. The molecule has 8 heteroatoms. The van der Waals surface area contributed by atoms with Gasteiger partial charge in [-0.3, -0.25) is 4.79 Å². The summed E-state index contributed by atoms with van der Waals surface area (Å²) >= 11 is 0. The number of carbonyl (C=O) groups is 1. The highest BCUT2D eigenvalue weighted by Crippen LogP contribution is 2.46. The second-order valence-corrected chi connectivity index (χ2v) is 9.18. The summed E-state index contributed by atoms with van der Waals surface area (Å²) in [6, 6.07) is 11.6. The maximum atomic E-state index is 14.0. The summed E-state index contributed by atoms with van der Waals surface area (Å²) in [5.41, 5.74) is 2.76. The first-order chi connectivity index (χ1) is 15.9. The monoisotopic (exact) mass is 448 g/mol. The number of hydrogen-bond donors (Lipinski definition) is 1. The van der Waals surface area contributed by atoms with Crippen molar-refractivity contribution in [2.45, 2.75) is 39.3 Å². The van der Waals surface area contributed by atoms with Crippen molar-refractivity contribution in [3.63, 3.8) is 0 Å². The summed E-state index contributed by atoms with van der Waals surface area (Å²) in [7, 11) is 1.55. The van der Waals surface area contributed by atoms with Gasteiger partial charge < -0.3 is 14.8 Å². The molecule has 1 aliphatic carbocycles. The van der Waals surface area contributed by atoms with Crippen molar-refractivity contribution in [1.82, 2.24) is 14.8 Å². The molecule has 7 nitrogen and oxygen atoms in total. The molecule has 2 aliphatic rings. The third-order valence-electron chi connectivity index (χ3n) is 6.12. The summed E-state index contributed by atoms with van der Waals surface area (Å²) < 4.78 is 27.1. The number of carbonyl (C=O) groups excluding carboxylic acids is 1. The molecule has 0 saturated heterocycles. The molecule has 1 atom stereocenters. The van der Waals surface area contributed by atoms with Crippen molar-refractivity contribution >= 4 is 11.7 Å². The Labute approximate surface area is 191 Å². The highest BCUT2D eigenvalue weighted by Gasteiger charge is 2.41. The zero-order valence-electron chi connectivity index (χ0n) is 18.8. The Hall–Kier alpha value is -3.68. The van der Waals surface area contributed by atoms with Crippen LogP contribution in [0.3, 0.4) is 0 Å². The Morgan fingerprint density at radius 3 is 2.79 bits per heavy atom. The van der Waals surface area contributed by atoms with Crippen LogP contribution >= 0.6 is 0 Å². The van der Waals surface area contributed by atoms with Crippen LogP contribution in [0.4, 0.5) is 10.3 Å². The normalized spacial score (nSPS) is 18.9. The number of Topliss-reactive ketones (excluding diaryl/α,β-unsaturated/α-hetero) is 1. The van der Waals surface area contributed by atoms with Crippen LogP contribution in [0.25, 0.3) is 0 Å². The van der Waals surface area contributed by atoms with Gasteiger partial charge in [-0.15, -0.1) is 0 Å². The van der Waals surface area contributed by atoms with Crippen LogP contribution in [0.2, 0.25) is 0 Å². The molecule has 2 aromatic carbocycles. The lowest BCUT2D eigenvalue weighted by atomic mass is 9.73. The number of fused-ring (bicyclic) bond motifs is 1. The number of nitrogens with one attached hydrogen (secondary N) is 1. The van der Waals surface area contributed by atoms with Crippen molar-refractivity contribution in [2.24, 2.45) is 5.41 Å². The minimum atomic E-state index is -0.420. The zero-order chi connectivity index (χ0) is 23.2. The summed E-state index contributed by atoms with van der Waals surface area (Å²) in [5, 5.41) is 7.69. The molecule has 1 aromatic heterocycles. The highest BCUT2D eigenvalue weighted by atomic mass is 19.1. The fourth-order valence-electron chi connectivity index (χ4n) is 4.60. The SMILES string of the molecule is COc1cc(C2C3=C(CC(C)(C)CC3=O)Nc3ncnn32)ccc1OCc1ccccc1F. The van der Waals surface area contributed by atoms with Crippen LogP contribution in [-0.2, 0) is 11.4 Å². The van der Waals surface area contributed by atoms with E-state index in [0.717, 1.165) is 17.7 Å². The number of allylic oxidation sites excluding steroid dienone is 2. The van der Waals surface area contributed by atoms with Gasteiger partial charge in [0.05, 0.1) is 7.11 Å². The van der Waals surface area contributed by atoms with Crippen molar-refractivity contribution in [1.29, 1.82) is 0 Å². The van der Waals surface area contributed by atoms with Crippen molar-refractivity contribution in [3.05, 3.63) is 77.0 Å². The van der Waals surface area contributed by atoms with Gasteiger partial charge in [0.2, 0.25) is 5.95 Å². The Balaban J connectivity index is 1.51. The van der Waals surface area contributed by atoms with Gasteiger partial charge in [0, 0.05) is 23.3 Å². The van der Waals surface area contributed by atoms with E-state index in [9.17, 15) is 9.18 Å². The highest BCUT2D eigenvalue weighted by molar-refractivity contribution is 6.00. The number of ether oxygens (including phenoxy) is 2. The molecule has 5 rings (SSSR count). The van der Waals surface area contributed by atoms with Crippen molar-refractivity contribution in [3.8, 4) is 11.5 Å². The molecule has 1 N–H and O–H groups in total. The molecule has 0 radical (unpaired) electrons. The first-order valence-corrected chi connectivity index (χ1v) is 10.8. The molecule has 0 spiro atoms. The minimum Gasteiger partial charge on any atom is -0.493 e. The maximum absolute atomic E-state index is 14.0. The first kappa shape index (κ1) is 21.2. The second-order valence-electron chi connectivity index (χ2n) is 9.18. The standard InChI is InChI=1S/C25H25FN4O3/c1-25(2)11-18-22(19(31)12-25)23(30-24(29-18)27-14-28-30)15-8-9-20(21(10-15)32-3)33-13-16-6-4-5-7-17(16)26/h4-10,14,23H,11-13H2,1-3H3,(H,27,28,29). The van der Waals surface area contributed by atoms with Gasteiger partial charge in [0.15, 0.2) is 17.3 Å². The Morgan fingerprint density at radius 1 is 1.18 bits per heavy atom. The molecule has 1 aliphatic heterocycles. The van der Waals surface area contributed by atoms with Gasteiger partial charge >= 0.3 is 0 Å².